The highest BCUT2D eigenvalue weighted by Gasteiger charge is 2.30. The van der Waals surface area contributed by atoms with Gasteiger partial charge in [0.05, 0.1) is 34.8 Å². The molecule has 1 fully saturated rings. The van der Waals surface area contributed by atoms with E-state index in [2.05, 4.69) is 25.7 Å². The van der Waals surface area contributed by atoms with Crippen molar-refractivity contribution in [2.45, 2.75) is 31.2 Å². The molecule has 1 saturated carbocycles. The van der Waals surface area contributed by atoms with Gasteiger partial charge in [0.15, 0.2) is 11.5 Å². The van der Waals surface area contributed by atoms with E-state index in [0.717, 1.165) is 45.6 Å². The maximum Gasteiger partial charge on any atom is 0.228 e. The summed E-state index contributed by atoms with van der Waals surface area (Å²) in [4.78, 5) is 17.3. The molecule has 0 bridgehead atoms. The minimum Gasteiger partial charge on any atom is -0.309 e. The molecule has 9 nitrogen and oxygen atoms in total. The van der Waals surface area contributed by atoms with E-state index in [9.17, 15) is 9.00 Å². The maximum absolute atomic E-state index is 12.3. The summed E-state index contributed by atoms with van der Waals surface area (Å²) in [6.45, 7) is 2.34. The van der Waals surface area contributed by atoms with E-state index < -0.39 is 10.8 Å². The summed E-state index contributed by atoms with van der Waals surface area (Å²) in [5.41, 5.74) is 5.12. The fourth-order valence-electron chi connectivity index (χ4n) is 4.04. The summed E-state index contributed by atoms with van der Waals surface area (Å²) < 4.78 is 15.7. The van der Waals surface area contributed by atoms with Crippen LogP contribution in [0, 0.1) is 5.92 Å². The van der Waals surface area contributed by atoms with Gasteiger partial charge in [0.1, 0.15) is 5.52 Å². The van der Waals surface area contributed by atoms with E-state index in [1.807, 2.05) is 66.2 Å². The highest BCUT2D eigenvalue weighted by Crippen LogP contribution is 2.30. The number of rotatable bonds is 7. The number of nitrogens with zero attached hydrogens (tertiary/aromatic N) is 6. The Hall–Kier alpha value is -3.92. The second kappa shape index (κ2) is 8.70. The Kier molecular flexibility index (Phi) is 5.37. The van der Waals surface area contributed by atoms with Crippen molar-refractivity contribution >= 4 is 39.2 Å². The molecule has 6 rings (SSSR count). The average Bonchev–Trinajstić information content (AvgIpc) is 3.56. The van der Waals surface area contributed by atoms with Gasteiger partial charge in [-0.05, 0) is 60.4 Å². The standard InChI is InChI=1S/C25H23N7O2S/c1-2-35(34)20-5-3-4-17(12-20)18-8-10-21-22(13-18)31(30-28-21)14-19-9-11-24-26-23(15-32(24)29-19)27-25(33)16-6-7-16/h3-5,8-13,15-16H,2,6-7,14H2,1H3,(H,27,33). The molecular formula is C25H23N7O2S. The van der Waals surface area contributed by atoms with Crippen LogP contribution >= 0.6 is 0 Å². The van der Waals surface area contributed by atoms with Crippen LogP contribution in [-0.2, 0) is 22.1 Å². The molecule has 1 N–H and O–H groups in total. The molecule has 0 spiro atoms. The van der Waals surface area contributed by atoms with Crippen molar-refractivity contribution in [3.05, 3.63) is 66.5 Å². The molecular weight excluding hydrogens is 462 g/mol. The number of benzene rings is 2. The van der Waals surface area contributed by atoms with Crippen LogP contribution < -0.4 is 5.32 Å². The minimum atomic E-state index is -1.01. The van der Waals surface area contributed by atoms with Gasteiger partial charge >= 0.3 is 0 Å². The molecule has 3 aromatic heterocycles. The lowest BCUT2D eigenvalue weighted by Crippen LogP contribution is -2.13. The third kappa shape index (κ3) is 4.32. The first-order chi connectivity index (χ1) is 17.1. The van der Waals surface area contributed by atoms with Gasteiger partial charge in [0.25, 0.3) is 0 Å². The van der Waals surface area contributed by atoms with Crippen molar-refractivity contribution < 1.29 is 9.00 Å². The van der Waals surface area contributed by atoms with Crippen molar-refractivity contribution in [3.8, 4) is 11.1 Å². The van der Waals surface area contributed by atoms with E-state index in [0.29, 0.717) is 23.8 Å². The van der Waals surface area contributed by atoms with Gasteiger partial charge in [-0.2, -0.15) is 5.10 Å². The largest absolute Gasteiger partial charge is 0.309 e. The van der Waals surface area contributed by atoms with E-state index in [-0.39, 0.29) is 11.8 Å². The topological polar surface area (TPSA) is 107 Å². The summed E-state index contributed by atoms with van der Waals surface area (Å²) in [7, 11) is -1.01. The van der Waals surface area contributed by atoms with Crippen molar-refractivity contribution in [3.63, 3.8) is 0 Å². The van der Waals surface area contributed by atoms with E-state index in [4.69, 9.17) is 0 Å². The highest BCUT2D eigenvalue weighted by molar-refractivity contribution is 7.85. The Balaban J connectivity index is 1.28. The third-order valence-electron chi connectivity index (χ3n) is 6.09. The van der Waals surface area contributed by atoms with Crippen LogP contribution in [0.5, 0.6) is 0 Å². The van der Waals surface area contributed by atoms with E-state index >= 15 is 0 Å². The molecule has 1 unspecified atom stereocenters. The van der Waals surface area contributed by atoms with Crippen LogP contribution in [0.25, 0.3) is 27.8 Å². The number of aromatic nitrogens is 6. The van der Waals surface area contributed by atoms with Gasteiger partial charge in [0, 0.05) is 16.6 Å². The first-order valence-corrected chi connectivity index (χ1v) is 12.9. The number of fused-ring (bicyclic) bond motifs is 2. The molecule has 2 aromatic carbocycles. The summed E-state index contributed by atoms with van der Waals surface area (Å²) in [6, 6.07) is 17.6. The Bertz CT molecular complexity index is 1600. The van der Waals surface area contributed by atoms with Gasteiger partial charge in [-0.25, -0.2) is 14.2 Å². The number of hydrogen-bond acceptors (Lipinski definition) is 6. The third-order valence-corrected chi connectivity index (χ3v) is 7.40. The monoisotopic (exact) mass is 485 g/mol. The lowest BCUT2D eigenvalue weighted by atomic mass is 10.1. The number of imidazole rings is 1. The fraction of sp³-hybridized carbons (Fsp3) is 0.240. The second-order valence-corrected chi connectivity index (χ2v) is 10.4. The molecule has 0 radical (unpaired) electrons. The van der Waals surface area contributed by atoms with Crippen molar-refractivity contribution in [2.24, 2.45) is 5.92 Å². The molecule has 1 aliphatic carbocycles. The predicted octanol–water partition coefficient (Wildman–Crippen LogP) is 3.67. The number of carbonyl (C=O) groups excluding carboxylic acids is 1. The van der Waals surface area contributed by atoms with Crippen molar-refractivity contribution in [1.29, 1.82) is 0 Å². The summed E-state index contributed by atoms with van der Waals surface area (Å²) in [5, 5.41) is 16.1. The maximum atomic E-state index is 12.3. The highest BCUT2D eigenvalue weighted by atomic mass is 32.2. The molecule has 0 aliphatic heterocycles. The minimum absolute atomic E-state index is 0.0185. The molecule has 3 heterocycles. The SMILES string of the molecule is CCS(=O)c1cccc(-c2ccc3nnn(Cc4ccc5nc(NC(=O)C6CC6)cn5n4)c3c2)c1. The summed E-state index contributed by atoms with van der Waals surface area (Å²) in [6.07, 6.45) is 3.61. The van der Waals surface area contributed by atoms with Crippen LogP contribution in [-0.4, -0.2) is 45.5 Å². The average molecular weight is 486 g/mol. The lowest BCUT2D eigenvalue weighted by Gasteiger charge is -2.07. The van der Waals surface area contributed by atoms with E-state index in [1.165, 1.54) is 0 Å². The van der Waals surface area contributed by atoms with Crippen LogP contribution in [0.15, 0.2) is 65.7 Å². The van der Waals surface area contributed by atoms with Crippen LogP contribution in [0.4, 0.5) is 5.82 Å². The Morgan fingerprint density at radius 3 is 2.80 bits per heavy atom. The van der Waals surface area contributed by atoms with Crippen LogP contribution in [0.2, 0.25) is 0 Å². The summed E-state index contributed by atoms with van der Waals surface area (Å²) in [5.74, 6) is 1.23. The fourth-order valence-corrected chi connectivity index (χ4v) is 4.86. The van der Waals surface area contributed by atoms with Gasteiger partial charge in [-0.15, -0.1) is 5.10 Å². The normalized spacial score (nSPS) is 14.4. The smallest absolute Gasteiger partial charge is 0.228 e. The van der Waals surface area contributed by atoms with Crippen molar-refractivity contribution in [1.82, 2.24) is 29.6 Å². The first-order valence-electron chi connectivity index (χ1n) is 11.6. The first kappa shape index (κ1) is 21.6. The quantitative estimate of drug-likeness (QED) is 0.377. The number of nitrogens with one attached hydrogen (secondary N) is 1. The molecule has 5 aromatic rings. The number of carbonyl (C=O) groups is 1. The van der Waals surface area contributed by atoms with Gasteiger partial charge in [0.2, 0.25) is 5.91 Å². The molecule has 176 valence electrons. The molecule has 10 heteroatoms. The van der Waals surface area contributed by atoms with Gasteiger partial charge in [-0.1, -0.05) is 30.3 Å². The van der Waals surface area contributed by atoms with Crippen LogP contribution in [0.1, 0.15) is 25.5 Å². The van der Waals surface area contributed by atoms with Crippen molar-refractivity contribution in [2.75, 3.05) is 11.1 Å². The Labute approximate surface area is 203 Å². The van der Waals surface area contributed by atoms with Gasteiger partial charge < -0.3 is 5.32 Å². The van der Waals surface area contributed by atoms with Gasteiger partial charge in [-0.3, -0.25) is 9.00 Å². The zero-order valence-electron chi connectivity index (χ0n) is 19.1. The molecule has 35 heavy (non-hydrogen) atoms. The number of hydrogen-bond donors (Lipinski definition) is 1. The zero-order valence-corrected chi connectivity index (χ0v) is 19.9. The zero-order chi connectivity index (χ0) is 23.9. The Morgan fingerprint density at radius 2 is 1.97 bits per heavy atom. The molecule has 0 saturated heterocycles. The molecule has 1 atom stereocenters. The Morgan fingerprint density at radius 1 is 1.11 bits per heavy atom. The predicted molar refractivity (Wildman–Crippen MR) is 133 cm³/mol. The van der Waals surface area contributed by atoms with Crippen LogP contribution in [0.3, 0.4) is 0 Å². The molecule has 1 amide bonds. The second-order valence-electron chi connectivity index (χ2n) is 8.63. The summed E-state index contributed by atoms with van der Waals surface area (Å²) >= 11 is 0. The number of anilines is 1. The lowest BCUT2D eigenvalue weighted by molar-refractivity contribution is -0.117. The number of amides is 1. The molecule has 1 aliphatic rings. The van der Waals surface area contributed by atoms with E-state index in [1.54, 1.807) is 10.7 Å².